The van der Waals surface area contributed by atoms with E-state index >= 15 is 0 Å². The van der Waals surface area contributed by atoms with Crippen LogP contribution in [0.1, 0.15) is 11.6 Å². The van der Waals surface area contributed by atoms with Crippen LogP contribution in [0.2, 0.25) is 0 Å². The van der Waals surface area contributed by atoms with E-state index in [-0.39, 0.29) is 17.6 Å². The Morgan fingerprint density at radius 2 is 1.62 bits per heavy atom. The molecule has 0 bridgehead atoms. The predicted octanol–water partition coefficient (Wildman–Crippen LogP) is -0.418. The van der Waals surface area contributed by atoms with Crippen molar-refractivity contribution in [3.8, 4) is 12.1 Å². The molecule has 0 spiro atoms. The Kier molecular flexibility index (Phi) is 2.39. The normalized spacial score (nSPS) is 7.85. The molecule has 7 nitrogen and oxygen atoms in total. The highest BCUT2D eigenvalue weighted by Gasteiger charge is 2.03. The third-order valence-corrected chi connectivity index (χ3v) is 0.969. The molecule has 0 atom stereocenters. The van der Waals surface area contributed by atoms with Crippen LogP contribution in [0, 0.1) is 22.7 Å². The molecule has 0 amide bonds. The summed E-state index contributed by atoms with van der Waals surface area (Å²) in [7, 11) is 0. The number of nitrogens with zero attached hydrogens (tertiary/aromatic N) is 6. The molecule has 0 aliphatic carbocycles. The van der Waals surface area contributed by atoms with Gasteiger partial charge in [-0.15, -0.1) is 4.99 Å². The molecule has 1 rings (SSSR count). The summed E-state index contributed by atoms with van der Waals surface area (Å²) in [6.45, 7) is 0. The monoisotopic (exact) mass is 172 g/mol. The zero-order valence-electron chi connectivity index (χ0n) is 6.09. The molecule has 7 heteroatoms. The van der Waals surface area contributed by atoms with E-state index in [4.69, 9.17) is 10.5 Å². The van der Waals surface area contributed by atoms with Crippen molar-refractivity contribution in [2.75, 3.05) is 0 Å². The Labute approximate surface area is 72.0 Å². The smallest absolute Gasteiger partial charge is 0.211 e. The predicted molar refractivity (Wildman–Crippen MR) is 37.0 cm³/mol. The second-order valence-electron chi connectivity index (χ2n) is 1.71. The number of rotatable bonds is 1. The molecule has 13 heavy (non-hydrogen) atoms. The first-order valence-corrected chi connectivity index (χ1v) is 2.94. The molecule has 0 fully saturated rings. The second-order valence-corrected chi connectivity index (χ2v) is 1.71. The fourth-order valence-corrected chi connectivity index (χ4v) is 0.556. The van der Waals surface area contributed by atoms with Crippen LogP contribution in [0.25, 0.3) is 0 Å². The van der Waals surface area contributed by atoms with Crippen LogP contribution in [-0.2, 0) is 4.79 Å². The molecule has 0 aliphatic rings. The van der Waals surface area contributed by atoms with Gasteiger partial charge in [-0.2, -0.15) is 25.5 Å². The molecular weight excluding hydrogens is 172 g/mol. The summed E-state index contributed by atoms with van der Waals surface area (Å²) in [6, 6.07) is 3.19. The number of hydrogen-bond donors (Lipinski definition) is 0. The highest BCUT2D eigenvalue weighted by Crippen LogP contribution is 2.02. The topological polar surface area (TPSA) is 116 Å². The van der Waals surface area contributed by atoms with Gasteiger partial charge in [-0.3, -0.25) is 0 Å². The zero-order valence-corrected chi connectivity index (χ0v) is 6.09. The van der Waals surface area contributed by atoms with Gasteiger partial charge in [-0.1, -0.05) is 0 Å². The minimum Gasteiger partial charge on any atom is -0.211 e. The van der Waals surface area contributed by atoms with Crippen molar-refractivity contribution in [2.45, 2.75) is 0 Å². The fraction of sp³-hybridized carbons (Fsp3) is 0. The molecular formula is C6N6O. The number of aromatic nitrogens is 3. The average molecular weight is 172 g/mol. The van der Waals surface area contributed by atoms with E-state index in [1.165, 1.54) is 6.08 Å². The summed E-state index contributed by atoms with van der Waals surface area (Å²) in [4.78, 5) is 23.1. The summed E-state index contributed by atoms with van der Waals surface area (Å²) in [5.74, 6) is -0.820. The third kappa shape index (κ3) is 1.90. The van der Waals surface area contributed by atoms with Crippen molar-refractivity contribution in [1.29, 1.82) is 10.5 Å². The fourth-order valence-electron chi connectivity index (χ4n) is 0.556. The molecule has 0 saturated heterocycles. The molecule has 1 heterocycles. The van der Waals surface area contributed by atoms with Crippen molar-refractivity contribution < 1.29 is 4.79 Å². The summed E-state index contributed by atoms with van der Waals surface area (Å²) in [5, 5.41) is 16.8. The average Bonchev–Trinajstić information content (AvgIpc) is 2.17. The highest BCUT2D eigenvalue weighted by molar-refractivity contribution is 5.41. The minimum absolute atomic E-state index is 0.263. The maximum atomic E-state index is 9.82. The van der Waals surface area contributed by atoms with Gasteiger partial charge in [0.2, 0.25) is 17.7 Å². The summed E-state index contributed by atoms with van der Waals surface area (Å²) in [5.41, 5.74) is 0. The van der Waals surface area contributed by atoms with Crippen molar-refractivity contribution in [3.05, 3.63) is 11.6 Å². The molecule has 0 aromatic carbocycles. The first-order valence-electron chi connectivity index (χ1n) is 2.94. The number of hydrogen-bond acceptors (Lipinski definition) is 7. The van der Waals surface area contributed by atoms with Gasteiger partial charge in [0.25, 0.3) is 5.95 Å². The molecule has 0 radical (unpaired) electrons. The minimum atomic E-state index is -0.293. The molecule has 1 aromatic heterocycles. The van der Waals surface area contributed by atoms with Crippen LogP contribution in [-0.4, -0.2) is 21.0 Å². The van der Waals surface area contributed by atoms with Crippen molar-refractivity contribution in [3.63, 3.8) is 0 Å². The van der Waals surface area contributed by atoms with E-state index in [2.05, 4.69) is 19.9 Å². The van der Waals surface area contributed by atoms with Crippen LogP contribution >= 0.6 is 0 Å². The number of carbonyl (C=O) groups excluding carboxylic acids is 1. The van der Waals surface area contributed by atoms with Crippen LogP contribution in [0.3, 0.4) is 0 Å². The van der Waals surface area contributed by atoms with Gasteiger partial charge in [0.15, 0.2) is 0 Å². The number of aliphatic imine (C=N–C) groups is 1. The van der Waals surface area contributed by atoms with Gasteiger partial charge in [-0.05, 0) is 0 Å². The lowest BCUT2D eigenvalue weighted by Crippen LogP contribution is -1.96. The van der Waals surface area contributed by atoms with E-state index in [0.717, 1.165) is 0 Å². The highest BCUT2D eigenvalue weighted by atomic mass is 16.1. The molecule has 0 N–H and O–H groups in total. The van der Waals surface area contributed by atoms with E-state index < -0.39 is 0 Å². The molecule has 1 aromatic rings. The summed E-state index contributed by atoms with van der Waals surface area (Å²) < 4.78 is 0. The lowest BCUT2D eigenvalue weighted by Gasteiger charge is -1.89. The van der Waals surface area contributed by atoms with Crippen LogP contribution in [0.5, 0.6) is 0 Å². The first-order chi connectivity index (χ1) is 6.30. The maximum Gasteiger partial charge on any atom is 0.265 e. The van der Waals surface area contributed by atoms with Crippen LogP contribution < -0.4 is 0 Å². The van der Waals surface area contributed by atoms with Crippen LogP contribution in [0.15, 0.2) is 4.99 Å². The van der Waals surface area contributed by atoms with E-state index in [0.29, 0.717) is 0 Å². The first kappa shape index (κ1) is 8.47. The van der Waals surface area contributed by atoms with E-state index in [9.17, 15) is 4.79 Å². The Hall–Kier alpha value is -2.63. The molecule has 0 saturated carbocycles. The Morgan fingerprint density at radius 1 is 1.08 bits per heavy atom. The van der Waals surface area contributed by atoms with Gasteiger partial charge < -0.3 is 0 Å². The van der Waals surface area contributed by atoms with Gasteiger partial charge in [0.1, 0.15) is 12.1 Å². The maximum absolute atomic E-state index is 9.82. The van der Waals surface area contributed by atoms with Gasteiger partial charge >= 0.3 is 0 Å². The number of isocyanates is 1. The Morgan fingerprint density at radius 3 is 2.00 bits per heavy atom. The Balaban J connectivity index is 3.34. The summed E-state index contributed by atoms with van der Waals surface area (Å²) >= 11 is 0. The summed E-state index contributed by atoms with van der Waals surface area (Å²) in [6.07, 6.45) is 1.19. The SMILES string of the molecule is N#Cc1nc(C#N)nc(N=C=O)n1. The van der Waals surface area contributed by atoms with Crippen molar-refractivity contribution in [1.82, 2.24) is 15.0 Å². The van der Waals surface area contributed by atoms with Crippen LogP contribution in [0.4, 0.5) is 5.95 Å². The third-order valence-electron chi connectivity index (χ3n) is 0.969. The lowest BCUT2D eigenvalue weighted by molar-refractivity contribution is 0.565. The van der Waals surface area contributed by atoms with Crippen molar-refractivity contribution >= 4 is 12.0 Å². The van der Waals surface area contributed by atoms with Gasteiger partial charge in [-0.25, -0.2) is 4.79 Å². The molecule has 0 unspecified atom stereocenters. The lowest BCUT2D eigenvalue weighted by atomic mass is 10.6. The zero-order chi connectivity index (χ0) is 9.68. The second kappa shape index (κ2) is 3.67. The van der Waals surface area contributed by atoms with Gasteiger partial charge in [0.05, 0.1) is 0 Å². The number of nitriles is 2. The molecule has 60 valence electrons. The standard InChI is InChI=1S/C6N6O/c7-1-4-10-5(2-8)12-6(11-4)9-3-13. The van der Waals surface area contributed by atoms with Crippen molar-refractivity contribution in [2.24, 2.45) is 4.99 Å². The van der Waals surface area contributed by atoms with E-state index in [1.807, 2.05) is 0 Å². The largest absolute Gasteiger partial charge is 0.265 e. The Bertz CT molecular complexity index is 429. The quantitative estimate of drug-likeness (QED) is 0.419. The van der Waals surface area contributed by atoms with E-state index in [1.54, 1.807) is 12.1 Å². The van der Waals surface area contributed by atoms with Gasteiger partial charge in [0, 0.05) is 0 Å². The molecule has 0 aliphatic heterocycles.